The van der Waals surface area contributed by atoms with Crippen molar-refractivity contribution < 1.29 is 22.3 Å². The summed E-state index contributed by atoms with van der Waals surface area (Å²) in [4.78, 5) is 2.36. The van der Waals surface area contributed by atoms with Gasteiger partial charge in [0.15, 0.2) is 6.29 Å². The van der Waals surface area contributed by atoms with Crippen molar-refractivity contribution >= 4 is 10.7 Å². The van der Waals surface area contributed by atoms with Crippen LogP contribution < -0.4 is 0 Å². The van der Waals surface area contributed by atoms with Gasteiger partial charge in [-0.15, -0.1) is 0 Å². The van der Waals surface area contributed by atoms with E-state index in [2.05, 4.69) is 4.90 Å². The first-order chi connectivity index (χ1) is 11.6. The largest absolute Gasteiger partial charge is 0.350 e. The minimum absolute atomic E-state index is 0.0778. The number of ether oxygens (including phenoxy) is 2. The van der Waals surface area contributed by atoms with Crippen LogP contribution in [0.5, 0.6) is 0 Å². The fraction of sp³-hybridized carbons (Fsp3) is 0.647. The SMILES string of the molecule is O=[SH](=O)Cc1cccc(C2CCN(CCC3OCCO3)CC2)c1F. The zero-order chi connectivity index (χ0) is 16.9. The van der Waals surface area contributed by atoms with E-state index in [1.807, 2.05) is 0 Å². The van der Waals surface area contributed by atoms with Crippen LogP contribution in [0.25, 0.3) is 0 Å². The Kier molecular flexibility index (Phi) is 6.21. The van der Waals surface area contributed by atoms with Crippen molar-refractivity contribution in [3.8, 4) is 0 Å². The summed E-state index contributed by atoms with van der Waals surface area (Å²) >= 11 is 0. The molecule has 24 heavy (non-hydrogen) atoms. The van der Waals surface area contributed by atoms with Gasteiger partial charge in [0.25, 0.3) is 0 Å². The minimum Gasteiger partial charge on any atom is -0.350 e. The molecule has 134 valence electrons. The highest BCUT2D eigenvalue weighted by molar-refractivity contribution is 7.71. The molecule has 2 saturated heterocycles. The molecule has 0 aliphatic carbocycles. The predicted octanol–water partition coefficient (Wildman–Crippen LogP) is 1.88. The molecule has 0 saturated carbocycles. The molecule has 0 amide bonds. The summed E-state index contributed by atoms with van der Waals surface area (Å²) in [7, 11) is -2.61. The van der Waals surface area contributed by atoms with Gasteiger partial charge in [0.2, 0.25) is 0 Å². The molecule has 7 heteroatoms. The van der Waals surface area contributed by atoms with Gasteiger partial charge in [0.05, 0.1) is 19.0 Å². The fourth-order valence-corrected chi connectivity index (χ4v) is 4.03. The first-order valence-electron chi connectivity index (χ1n) is 8.48. The molecule has 2 aliphatic rings. The molecular formula is C17H24FNO4S. The molecule has 1 aromatic rings. The van der Waals surface area contributed by atoms with E-state index in [9.17, 15) is 12.8 Å². The predicted molar refractivity (Wildman–Crippen MR) is 89.1 cm³/mol. The summed E-state index contributed by atoms with van der Waals surface area (Å²) in [5.74, 6) is -0.414. The average Bonchev–Trinajstić information content (AvgIpc) is 3.09. The smallest absolute Gasteiger partial charge is 0.159 e. The summed E-state index contributed by atoms with van der Waals surface area (Å²) in [6.45, 7) is 4.11. The van der Waals surface area contributed by atoms with Gasteiger partial charge in [-0.05, 0) is 37.4 Å². The van der Waals surface area contributed by atoms with Crippen molar-refractivity contribution in [3.05, 3.63) is 35.1 Å². The summed E-state index contributed by atoms with van der Waals surface area (Å²) in [5, 5.41) is 0. The number of rotatable bonds is 6. The maximum atomic E-state index is 14.6. The third-order valence-electron chi connectivity index (χ3n) is 4.81. The molecule has 2 heterocycles. The van der Waals surface area contributed by atoms with Crippen LogP contribution in [0, 0.1) is 5.82 Å². The van der Waals surface area contributed by atoms with Crippen molar-refractivity contribution in [2.45, 2.75) is 37.2 Å². The molecule has 5 nitrogen and oxygen atoms in total. The summed E-state index contributed by atoms with van der Waals surface area (Å²) in [5.41, 5.74) is 0.938. The van der Waals surface area contributed by atoms with E-state index >= 15 is 0 Å². The highest BCUT2D eigenvalue weighted by Gasteiger charge is 2.25. The number of hydrogen-bond donors (Lipinski definition) is 1. The Bertz CT molecular complexity index is 615. The normalized spacial score (nSPS) is 20.9. The van der Waals surface area contributed by atoms with Crippen molar-refractivity contribution in [1.29, 1.82) is 0 Å². The van der Waals surface area contributed by atoms with E-state index in [1.165, 1.54) is 0 Å². The maximum Gasteiger partial charge on any atom is 0.159 e. The van der Waals surface area contributed by atoms with Crippen molar-refractivity contribution in [2.24, 2.45) is 0 Å². The van der Waals surface area contributed by atoms with Crippen molar-refractivity contribution in [3.63, 3.8) is 0 Å². The number of likely N-dealkylation sites (tertiary alicyclic amines) is 1. The Morgan fingerprint density at radius 1 is 1.17 bits per heavy atom. The molecule has 3 rings (SSSR count). The molecular weight excluding hydrogens is 333 g/mol. The molecule has 2 fully saturated rings. The minimum atomic E-state index is -2.61. The summed E-state index contributed by atoms with van der Waals surface area (Å²) in [6.07, 6.45) is 2.56. The first-order valence-corrected chi connectivity index (χ1v) is 9.84. The van der Waals surface area contributed by atoms with Crippen molar-refractivity contribution in [1.82, 2.24) is 4.90 Å². The van der Waals surface area contributed by atoms with E-state index < -0.39 is 10.7 Å². The fourth-order valence-electron chi connectivity index (χ4n) is 3.51. The Morgan fingerprint density at radius 2 is 1.88 bits per heavy atom. The number of benzene rings is 1. The molecule has 0 radical (unpaired) electrons. The van der Waals surface area contributed by atoms with Crippen LogP contribution in [-0.4, -0.2) is 52.5 Å². The van der Waals surface area contributed by atoms with Gasteiger partial charge in [-0.2, -0.15) is 0 Å². The van der Waals surface area contributed by atoms with Crippen LogP contribution in [0.15, 0.2) is 18.2 Å². The summed E-state index contributed by atoms with van der Waals surface area (Å²) in [6, 6.07) is 5.10. The van der Waals surface area contributed by atoms with Gasteiger partial charge < -0.3 is 14.4 Å². The van der Waals surface area contributed by atoms with Gasteiger partial charge in [-0.25, -0.2) is 12.8 Å². The van der Waals surface area contributed by atoms with Gasteiger partial charge in [0.1, 0.15) is 16.5 Å². The molecule has 2 aliphatic heterocycles. The number of thiol groups is 1. The van der Waals surface area contributed by atoms with Crippen LogP contribution in [0.4, 0.5) is 4.39 Å². The monoisotopic (exact) mass is 357 g/mol. The number of piperidine rings is 1. The van der Waals surface area contributed by atoms with Crippen LogP contribution in [0.3, 0.4) is 0 Å². The lowest BCUT2D eigenvalue weighted by Crippen LogP contribution is -2.35. The Hall–Kier alpha value is -1.02. The van der Waals surface area contributed by atoms with Crippen molar-refractivity contribution in [2.75, 3.05) is 32.8 Å². The molecule has 1 aromatic carbocycles. The molecule has 0 atom stereocenters. The van der Waals surface area contributed by atoms with Crippen LogP contribution in [0.2, 0.25) is 0 Å². The molecule has 0 N–H and O–H groups in total. The lowest BCUT2D eigenvalue weighted by atomic mass is 9.88. The molecule has 0 bridgehead atoms. The third kappa shape index (κ3) is 4.53. The lowest BCUT2D eigenvalue weighted by Gasteiger charge is -2.32. The zero-order valence-electron chi connectivity index (χ0n) is 13.7. The van der Waals surface area contributed by atoms with Crippen LogP contribution >= 0.6 is 0 Å². The third-order valence-corrected chi connectivity index (χ3v) is 5.41. The Labute approximate surface area is 143 Å². The second kappa shape index (κ2) is 8.38. The van der Waals surface area contributed by atoms with Gasteiger partial charge in [-0.3, -0.25) is 0 Å². The highest BCUT2D eigenvalue weighted by atomic mass is 32.2. The Morgan fingerprint density at radius 3 is 2.54 bits per heavy atom. The Balaban J connectivity index is 1.54. The van der Waals surface area contributed by atoms with E-state index in [4.69, 9.17) is 9.47 Å². The van der Waals surface area contributed by atoms with E-state index in [0.717, 1.165) is 38.9 Å². The molecule has 0 spiro atoms. The lowest BCUT2D eigenvalue weighted by molar-refractivity contribution is -0.0523. The van der Waals surface area contributed by atoms with Crippen LogP contribution in [-0.2, 0) is 25.9 Å². The maximum absolute atomic E-state index is 14.6. The topological polar surface area (TPSA) is 55.8 Å². The average molecular weight is 357 g/mol. The quantitative estimate of drug-likeness (QED) is 0.788. The summed E-state index contributed by atoms with van der Waals surface area (Å²) < 4.78 is 47.2. The van der Waals surface area contributed by atoms with E-state index in [1.54, 1.807) is 18.2 Å². The first kappa shape index (κ1) is 17.8. The standard InChI is InChI=1S/C17H24FNO4S/c18-17-14(12-24(20)21)2-1-3-15(17)13-4-7-19(8-5-13)9-6-16-22-10-11-23-16/h1-3,13,16,24H,4-12H2. The van der Waals surface area contributed by atoms with Gasteiger partial charge in [-0.1, -0.05) is 18.2 Å². The van der Waals surface area contributed by atoms with Crippen LogP contribution in [0.1, 0.15) is 36.3 Å². The van der Waals surface area contributed by atoms with Gasteiger partial charge in [0, 0.05) is 18.5 Å². The van der Waals surface area contributed by atoms with Gasteiger partial charge >= 0.3 is 0 Å². The van der Waals surface area contributed by atoms with E-state index in [-0.39, 0.29) is 29.3 Å². The van der Waals surface area contributed by atoms with E-state index in [0.29, 0.717) is 18.8 Å². The zero-order valence-corrected chi connectivity index (χ0v) is 14.6. The molecule has 0 aromatic heterocycles. The second-order valence-corrected chi connectivity index (χ2v) is 7.37. The highest BCUT2D eigenvalue weighted by Crippen LogP contribution is 2.31. The number of hydrogen-bond acceptors (Lipinski definition) is 5. The second-order valence-electron chi connectivity index (χ2n) is 6.39. The number of nitrogens with zero attached hydrogens (tertiary/aromatic N) is 1. The number of halogens is 1. The molecule has 0 unspecified atom stereocenters.